The predicted octanol–water partition coefficient (Wildman–Crippen LogP) is 3.96. The van der Waals surface area contributed by atoms with Gasteiger partial charge in [-0.3, -0.25) is 19.3 Å². The Hall–Kier alpha value is -2.47. The number of benzene rings is 2. The summed E-state index contributed by atoms with van der Waals surface area (Å²) < 4.78 is 0.716. The van der Waals surface area contributed by atoms with E-state index in [4.69, 9.17) is 0 Å². The van der Waals surface area contributed by atoms with Crippen molar-refractivity contribution in [2.24, 2.45) is 0 Å². The smallest absolute Gasteiger partial charge is 0.300 e. The highest BCUT2D eigenvalue weighted by atomic mass is 79.9. The lowest BCUT2D eigenvalue weighted by atomic mass is 10.1. The molecule has 5 nitrogen and oxygen atoms in total. The third kappa shape index (κ3) is 3.29. The minimum atomic E-state index is -0.750. The highest BCUT2D eigenvalue weighted by Crippen LogP contribution is 2.33. The molecule has 3 rings (SSSR count). The van der Waals surface area contributed by atoms with Crippen molar-refractivity contribution >= 4 is 44.9 Å². The van der Waals surface area contributed by atoms with E-state index in [0.29, 0.717) is 27.8 Å². The number of halogens is 1. The van der Waals surface area contributed by atoms with Crippen LogP contribution in [0.15, 0.2) is 46.9 Å². The zero-order valence-corrected chi connectivity index (χ0v) is 16.2. The SMILES string of the molecule is CCc1ccc(NC(=O)C(CC)N2C(=O)C(=O)c3cc(Br)ccc32)cc1. The van der Waals surface area contributed by atoms with Crippen LogP contribution in [0.1, 0.15) is 36.2 Å². The maximum Gasteiger partial charge on any atom is 0.300 e. The quantitative estimate of drug-likeness (QED) is 0.752. The monoisotopic (exact) mass is 414 g/mol. The molecule has 1 aliphatic rings. The number of Topliss-reactive ketones (excluding diaryl/α,β-unsaturated/α-hetero) is 1. The summed E-state index contributed by atoms with van der Waals surface area (Å²) in [5.74, 6) is -1.56. The van der Waals surface area contributed by atoms with Gasteiger partial charge in [0.25, 0.3) is 11.7 Å². The zero-order chi connectivity index (χ0) is 18.8. The highest BCUT2D eigenvalue weighted by molar-refractivity contribution is 9.10. The number of ketones is 1. The van der Waals surface area contributed by atoms with Crippen LogP contribution >= 0.6 is 15.9 Å². The van der Waals surface area contributed by atoms with E-state index < -0.39 is 17.7 Å². The summed E-state index contributed by atoms with van der Waals surface area (Å²) >= 11 is 3.31. The molecular formula is C20H19BrN2O3. The summed E-state index contributed by atoms with van der Waals surface area (Å²) in [6.07, 6.45) is 1.32. The lowest BCUT2D eigenvalue weighted by Crippen LogP contribution is -2.46. The second kappa shape index (κ2) is 7.41. The number of fused-ring (bicyclic) bond motifs is 1. The van der Waals surface area contributed by atoms with Crippen molar-refractivity contribution in [2.45, 2.75) is 32.7 Å². The number of hydrogen-bond acceptors (Lipinski definition) is 3. The average molecular weight is 415 g/mol. The van der Waals surface area contributed by atoms with Gasteiger partial charge in [-0.2, -0.15) is 0 Å². The summed E-state index contributed by atoms with van der Waals surface area (Å²) in [5.41, 5.74) is 2.64. The molecule has 6 heteroatoms. The third-order valence-electron chi connectivity index (χ3n) is 4.51. The molecule has 2 aromatic carbocycles. The van der Waals surface area contributed by atoms with Gasteiger partial charge in [0.15, 0.2) is 0 Å². The Morgan fingerprint density at radius 3 is 2.42 bits per heavy atom. The van der Waals surface area contributed by atoms with E-state index in [2.05, 4.69) is 28.2 Å². The molecule has 2 aromatic rings. The van der Waals surface area contributed by atoms with E-state index in [1.54, 1.807) is 18.2 Å². The van der Waals surface area contributed by atoms with Gasteiger partial charge in [0.2, 0.25) is 5.91 Å². The molecule has 0 bridgehead atoms. The van der Waals surface area contributed by atoms with Gasteiger partial charge in [-0.15, -0.1) is 0 Å². The Bertz CT molecular complexity index is 877. The Kier molecular flexibility index (Phi) is 5.23. The van der Waals surface area contributed by atoms with Gasteiger partial charge in [-0.05, 0) is 48.7 Å². The number of carbonyl (C=O) groups excluding carboxylic acids is 3. The Labute approximate surface area is 160 Å². The van der Waals surface area contributed by atoms with Crippen LogP contribution in [0.2, 0.25) is 0 Å². The molecule has 0 fully saturated rings. The van der Waals surface area contributed by atoms with E-state index >= 15 is 0 Å². The number of anilines is 2. The molecule has 0 radical (unpaired) electrons. The zero-order valence-electron chi connectivity index (χ0n) is 14.6. The van der Waals surface area contributed by atoms with Crippen LogP contribution < -0.4 is 10.2 Å². The van der Waals surface area contributed by atoms with E-state index in [1.807, 2.05) is 31.2 Å². The van der Waals surface area contributed by atoms with Gasteiger partial charge in [0.1, 0.15) is 6.04 Å². The van der Waals surface area contributed by atoms with E-state index in [9.17, 15) is 14.4 Å². The van der Waals surface area contributed by atoms with Crippen LogP contribution in [0.3, 0.4) is 0 Å². The van der Waals surface area contributed by atoms with Gasteiger partial charge in [0, 0.05) is 10.2 Å². The van der Waals surface area contributed by atoms with Crippen molar-refractivity contribution in [3.63, 3.8) is 0 Å². The Morgan fingerprint density at radius 2 is 1.81 bits per heavy atom. The first kappa shape index (κ1) is 18.3. The molecular weight excluding hydrogens is 396 g/mol. The molecule has 1 N–H and O–H groups in total. The van der Waals surface area contributed by atoms with E-state index in [1.165, 1.54) is 10.5 Å². The first-order valence-electron chi connectivity index (χ1n) is 8.53. The molecule has 1 unspecified atom stereocenters. The Balaban J connectivity index is 1.87. The molecule has 2 amide bonds. The maximum atomic E-state index is 12.8. The van der Waals surface area contributed by atoms with Crippen molar-refractivity contribution in [3.8, 4) is 0 Å². The number of nitrogens with zero attached hydrogens (tertiary/aromatic N) is 1. The fraction of sp³-hybridized carbons (Fsp3) is 0.250. The summed E-state index contributed by atoms with van der Waals surface area (Å²) in [6.45, 7) is 3.88. The molecule has 0 saturated heterocycles. The van der Waals surface area contributed by atoms with Crippen molar-refractivity contribution in [2.75, 3.05) is 10.2 Å². The van der Waals surface area contributed by atoms with Crippen molar-refractivity contribution in [3.05, 3.63) is 58.1 Å². The third-order valence-corrected chi connectivity index (χ3v) is 5.00. The van der Waals surface area contributed by atoms with Crippen LogP contribution in [0.25, 0.3) is 0 Å². The molecule has 0 saturated carbocycles. The fourth-order valence-electron chi connectivity index (χ4n) is 3.08. The molecule has 1 heterocycles. The standard InChI is InChI=1S/C20H19BrN2O3/c1-3-12-5-8-14(9-6-12)22-19(25)16(4-2)23-17-10-7-13(21)11-15(17)18(24)20(23)26/h5-11,16H,3-4H2,1-2H3,(H,22,25). The fourth-order valence-corrected chi connectivity index (χ4v) is 3.44. The van der Waals surface area contributed by atoms with Gasteiger partial charge in [-0.25, -0.2) is 0 Å². The predicted molar refractivity (Wildman–Crippen MR) is 104 cm³/mol. The van der Waals surface area contributed by atoms with Crippen LogP contribution in [-0.4, -0.2) is 23.6 Å². The normalized spacial score (nSPS) is 14.3. The molecule has 0 spiro atoms. The lowest BCUT2D eigenvalue weighted by molar-refractivity contribution is -0.121. The van der Waals surface area contributed by atoms with Gasteiger partial charge in [-0.1, -0.05) is 41.9 Å². The molecule has 134 valence electrons. The topological polar surface area (TPSA) is 66.5 Å². The van der Waals surface area contributed by atoms with Crippen LogP contribution in [0.5, 0.6) is 0 Å². The number of carbonyl (C=O) groups is 3. The largest absolute Gasteiger partial charge is 0.324 e. The molecule has 0 aliphatic carbocycles. The summed E-state index contributed by atoms with van der Waals surface area (Å²) in [6, 6.07) is 11.9. The van der Waals surface area contributed by atoms with Crippen LogP contribution in [0.4, 0.5) is 11.4 Å². The first-order chi connectivity index (χ1) is 12.5. The second-order valence-electron chi connectivity index (χ2n) is 6.13. The summed E-state index contributed by atoms with van der Waals surface area (Å²) in [4.78, 5) is 38.9. The lowest BCUT2D eigenvalue weighted by Gasteiger charge is -2.26. The van der Waals surface area contributed by atoms with Gasteiger partial charge in [0.05, 0.1) is 11.3 Å². The molecule has 0 aromatic heterocycles. The highest BCUT2D eigenvalue weighted by Gasteiger charge is 2.41. The van der Waals surface area contributed by atoms with Crippen molar-refractivity contribution in [1.82, 2.24) is 0 Å². The number of rotatable bonds is 5. The Morgan fingerprint density at radius 1 is 1.12 bits per heavy atom. The van der Waals surface area contributed by atoms with Gasteiger partial charge >= 0.3 is 0 Å². The van der Waals surface area contributed by atoms with Crippen molar-refractivity contribution < 1.29 is 14.4 Å². The second-order valence-corrected chi connectivity index (χ2v) is 7.05. The van der Waals surface area contributed by atoms with Crippen LogP contribution in [0, 0.1) is 0 Å². The number of amides is 2. The maximum absolute atomic E-state index is 12.8. The number of aryl methyl sites for hydroxylation is 1. The van der Waals surface area contributed by atoms with Crippen molar-refractivity contribution in [1.29, 1.82) is 0 Å². The molecule has 1 atom stereocenters. The first-order valence-corrected chi connectivity index (χ1v) is 9.32. The summed E-state index contributed by atoms with van der Waals surface area (Å²) in [7, 11) is 0. The molecule has 1 aliphatic heterocycles. The minimum Gasteiger partial charge on any atom is -0.324 e. The van der Waals surface area contributed by atoms with E-state index in [-0.39, 0.29) is 5.91 Å². The number of nitrogens with one attached hydrogen (secondary N) is 1. The molecule has 26 heavy (non-hydrogen) atoms. The minimum absolute atomic E-state index is 0.311. The summed E-state index contributed by atoms with van der Waals surface area (Å²) in [5, 5.41) is 2.85. The van der Waals surface area contributed by atoms with Gasteiger partial charge < -0.3 is 5.32 Å². The average Bonchev–Trinajstić information content (AvgIpc) is 2.88. The van der Waals surface area contributed by atoms with E-state index in [0.717, 1.165) is 6.42 Å². The van der Waals surface area contributed by atoms with Crippen LogP contribution in [-0.2, 0) is 16.0 Å². The number of hydrogen-bond donors (Lipinski definition) is 1.